The fourth-order valence-corrected chi connectivity index (χ4v) is 6.53. The number of likely N-dealkylation sites (tertiary alicyclic amines) is 1. The highest BCUT2D eigenvalue weighted by molar-refractivity contribution is 6.35. The van der Waals surface area contributed by atoms with E-state index in [1.807, 2.05) is 24.3 Å². The zero-order chi connectivity index (χ0) is 26.5. The first kappa shape index (κ1) is 24.8. The number of hydrogen-bond acceptors (Lipinski definition) is 7. The van der Waals surface area contributed by atoms with Crippen molar-refractivity contribution in [3.63, 3.8) is 0 Å². The molecule has 4 aromatic rings. The lowest BCUT2D eigenvalue weighted by Gasteiger charge is -2.34. The molecule has 7 nitrogen and oxygen atoms in total. The summed E-state index contributed by atoms with van der Waals surface area (Å²) in [7, 11) is 0. The molecule has 0 radical (unpaired) electrons. The Labute approximate surface area is 231 Å². The van der Waals surface area contributed by atoms with Crippen molar-refractivity contribution < 1.29 is 14.2 Å². The summed E-state index contributed by atoms with van der Waals surface area (Å²) in [6.45, 7) is 5.29. The van der Waals surface area contributed by atoms with Crippen LogP contribution in [0.15, 0.2) is 42.5 Å². The van der Waals surface area contributed by atoms with Gasteiger partial charge in [0.25, 0.3) is 0 Å². The largest absolute Gasteiger partial charge is 0.508 e. The molecule has 2 N–H and O–H groups in total. The average Bonchev–Trinajstić information content (AvgIpc) is 3.24. The number of ether oxygens (including phenoxy) is 1. The quantitative estimate of drug-likeness (QED) is 0.302. The van der Waals surface area contributed by atoms with Gasteiger partial charge in [0.2, 0.25) is 0 Å². The van der Waals surface area contributed by atoms with E-state index in [1.54, 1.807) is 18.2 Å². The second kappa shape index (κ2) is 10.1. The zero-order valence-electron chi connectivity index (χ0n) is 21.7. The predicted octanol–water partition coefficient (Wildman–Crippen LogP) is 5.36. The molecule has 39 heavy (non-hydrogen) atoms. The van der Waals surface area contributed by atoms with Gasteiger partial charge >= 0.3 is 6.01 Å². The highest BCUT2D eigenvalue weighted by Crippen LogP contribution is 2.42. The third-order valence-electron chi connectivity index (χ3n) is 8.27. The number of hydrogen-bond donors (Lipinski definition) is 2. The van der Waals surface area contributed by atoms with E-state index in [9.17, 15) is 5.11 Å². The van der Waals surface area contributed by atoms with Gasteiger partial charge < -0.3 is 25.0 Å². The lowest BCUT2D eigenvalue weighted by molar-refractivity contribution is 0.163. The van der Waals surface area contributed by atoms with E-state index in [4.69, 9.17) is 21.3 Å². The van der Waals surface area contributed by atoms with Gasteiger partial charge in [0.05, 0.1) is 11.6 Å². The van der Waals surface area contributed by atoms with Crippen LogP contribution in [0.4, 0.5) is 10.2 Å². The first-order valence-corrected chi connectivity index (χ1v) is 14.2. The van der Waals surface area contributed by atoms with Gasteiger partial charge in [0, 0.05) is 42.7 Å². The molecule has 0 saturated carbocycles. The van der Waals surface area contributed by atoms with Crippen molar-refractivity contribution >= 4 is 39.1 Å². The maximum atomic E-state index is 16.6. The number of aromatic nitrogens is 2. The number of halogens is 2. The fraction of sp³-hybridized carbons (Fsp3) is 0.400. The van der Waals surface area contributed by atoms with Crippen molar-refractivity contribution in [1.29, 1.82) is 0 Å². The van der Waals surface area contributed by atoms with Crippen molar-refractivity contribution in [2.24, 2.45) is 0 Å². The van der Waals surface area contributed by atoms with Gasteiger partial charge in [-0.15, -0.1) is 0 Å². The van der Waals surface area contributed by atoms with Crippen LogP contribution in [0.25, 0.3) is 32.8 Å². The number of phenolic OH excluding ortho intramolecular Hbond substituents is 1. The number of anilines is 1. The Balaban J connectivity index is 1.34. The summed E-state index contributed by atoms with van der Waals surface area (Å²) < 4.78 is 22.6. The molecule has 2 unspecified atom stereocenters. The summed E-state index contributed by atoms with van der Waals surface area (Å²) in [4.78, 5) is 14.0. The normalized spacial score (nSPS) is 21.0. The van der Waals surface area contributed by atoms with Crippen LogP contribution in [-0.2, 0) is 0 Å². The maximum Gasteiger partial charge on any atom is 0.319 e. The number of nitrogens with one attached hydrogen (secondary N) is 1. The average molecular weight is 548 g/mol. The second-order valence-corrected chi connectivity index (χ2v) is 11.3. The molecular formula is C30H31ClFN5O2. The molecule has 4 heterocycles. The molecule has 202 valence electrons. The minimum absolute atomic E-state index is 0.0464. The number of phenols is 1. The second-order valence-electron chi connectivity index (χ2n) is 10.9. The topological polar surface area (TPSA) is 73.8 Å². The van der Waals surface area contributed by atoms with Crippen LogP contribution in [0.3, 0.4) is 0 Å². The lowest BCUT2D eigenvalue weighted by Crippen LogP contribution is -2.51. The number of piperazine rings is 1. The number of rotatable bonds is 7. The molecule has 2 bridgehead atoms. The van der Waals surface area contributed by atoms with Crippen LogP contribution in [0.2, 0.25) is 5.02 Å². The van der Waals surface area contributed by atoms with E-state index in [0.29, 0.717) is 35.5 Å². The maximum absolute atomic E-state index is 16.6. The molecular weight excluding hydrogens is 517 g/mol. The smallest absolute Gasteiger partial charge is 0.319 e. The Morgan fingerprint density at radius 1 is 1.05 bits per heavy atom. The number of benzene rings is 3. The summed E-state index contributed by atoms with van der Waals surface area (Å²) in [5.41, 5.74) is 0.910. The van der Waals surface area contributed by atoms with Gasteiger partial charge in [-0.25, -0.2) is 4.39 Å². The Kier molecular flexibility index (Phi) is 6.41. The zero-order valence-corrected chi connectivity index (χ0v) is 22.4. The van der Waals surface area contributed by atoms with Gasteiger partial charge in [-0.3, -0.25) is 0 Å². The highest BCUT2D eigenvalue weighted by atomic mass is 35.5. The van der Waals surface area contributed by atoms with Gasteiger partial charge in [0.15, 0.2) is 5.82 Å². The number of fused-ring (bicyclic) bond motifs is 4. The monoisotopic (exact) mass is 547 g/mol. The van der Waals surface area contributed by atoms with Crippen LogP contribution in [-0.4, -0.2) is 71.4 Å². The minimum atomic E-state index is -0.541. The molecule has 2 atom stereocenters. The van der Waals surface area contributed by atoms with Crippen molar-refractivity contribution in [2.75, 3.05) is 44.2 Å². The summed E-state index contributed by atoms with van der Waals surface area (Å²) in [6.07, 6.45) is 4.35. The van der Waals surface area contributed by atoms with Crippen LogP contribution in [0.1, 0.15) is 25.7 Å². The van der Waals surface area contributed by atoms with E-state index >= 15 is 4.39 Å². The van der Waals surface area contributed by atoms with Crippen molar-refractivity contribution in [2.45, 2.75) is 37.8 Å². The van der Waals surface area contributed by atoms with Crippen LogP contribution >= 0.6 is 11.6 Å². The van der Waals surface area contributed by atoms with E-state index in [-0.39, 0.29) is 27.9 Å². The van der Waals surface area contributed by atoms with Gasteiger partial charge in [-0.1, -0.05) is 35.9 Å². The third-order valence-corrected chi connectivity index (χ3v) is 8.57. The molecule has 9 heteroatoms. The van der Waals surface area contributed by atoms with E-state index in [1.165, 1.54) is 6.42 Å². The molecule has 0 aliphatic carbocycles. The number of nitrogens with zero attached hydrogens (tertiary/aromatic N) is 4. The van der Waals surface area contributed by atoms with E-state index in [2.05, 4.69) is 20.1 Å². The highest BCUT2D eigenvalue weighted by Gasteiger charge is 2.34. The van der Waals surface area contributed by atoms with Crippen LogP contribution in [0.5, 0.6) is 11.8 Å². The Morgan fingerprint density at radius 3 is 2.62 bits per heavy atom. The first-order chi connectivity index (χ1) is 19.0. The molecule has 3 fully saturated rings. The molecule has 3 aliphatic rings. The summed E-state index contributed by atoms with van der Waals surface area (Å²) in [5, 5.41) is 16.5. The lowest BCUT2D eigenvalue weighted by atomic mass is 9.96. The molecule has 3 aromatic carbocycles. The first-order valence-electron chi connectivity index (χ1n) is 13.8. The molecule has 3 aliphatic heterocycles. The van der Waals surface area contributed by atoms with Crippen molar-refractivity contribution in [3.05, 3.63) is 53.3 Å². The minimum Gasteiger partial charge on any atom is -0.508 e. The standard InChI is InChI=1S/C30H31ClFN5O2/c31-25-15-24-28(27(32)26(25)23-14-21(38)13-18-5-1-2-6-22(18)23)34-30(39-12-4-11-36-9-3-10-36)35-29(24)37-16-19-7-8-20(17-37)33-19/h1-2,5-6,13-15,19-20,33,38H,3-4,7-12,16-17H2. The Hall–Kier alpha value is -3.20. The predicted molar refractivity (Wildman–Crippen MR) is 152 cm³/mol. The van der Waals surface area contributed by atoms with Crippen molar-refractivity contribution in [3.8, 4) is 22.9 Å². The summed E-state index contributed by atoms with van der Waals surface area (Å²) >= 11 is 6.82. The Bertz CT molecular complexity index is 1550. The molecule has 0 amide bonds. The molecule has 3 saturated heterocycles. The van der Waals surface area contributed by atoms with Gasteiger partial charge in [-0.05, 0) is 73.3 Å². The van der Waals surface area contributed by atoms with E-state index < -0.39 is 5.82 Å². The molecule has 1 aromatic heterocycles. The third kappa shape index (κ3) is 4.64. The number of aromatic hydroxyl groups is 1. The summed E-state index contributed by atoms with van der Waals surface area (Å²) in [6, 6.07) is 13.5. The SMILES string of the molecule is Oc1cc(-c2c(Cl)cc3c(N4CC5CCC(C4)N5)nc(OCCCN4CCC4)nc3c2F)c2ccccc2c1. The molecule has 7 rings (SSSR count). The van der Waals surface area contributed by atoms with E-state index in [0.717, 1.165) is 62.8 Å². The van der Waals surface area contributed by atoms with Gasteiger partial charge in [-0.2, -0.15) is 9.97 Å². The van der Waals surface area contributed by atoms with Crippen LogP contribution in [0, 0.1) is 5.82 Å². The van der Waals surface area contributed by atoms with Gasteiger partial charge in [0.1, 0.15) is 17.1 Å². The van der Waals surface area contributed by atoms with Crippen LogP contribution < -0.4 is 15.0 Å². The molecule has 0 spiro atoms. The van der Waals surface area contributed by atoms with Crippen molar-refractivity contribution in [1.82, 2.24) is 20.2 Å². The fourth-order valence-electron chi connectivity index (χ4n) is 6.24. The Morgan fingerprint density at radius 2 is 1.85 bits per heavy atom. The summed E-state index contributed by atoms with van der Waals surface area (Å²) in [5.74, 6) is 0.162.